The number of benzene rings is 1. The van der Waals surface area contributed by atoms with Gasteiger partial charge in [0.1, 0.15) is 6.42 Å². The molecule has 74 valence electrons. The second-order valence-corrected chi connectivity index (χ2v) is 3.99. The normalized spacial score (nSPS) is 9.60. The van der Waals surface area contributed by atoms with Gasteiger partial charge >= 0.3 is 5.97 Å². The summed E-state index contributed by atoms with van der Waals surface area (Å²) in [5.74, 6) is 4.55. The lowest BCUT2D eigenvalue weighted by Gasteiger charge is -1.90. The van der Waals surface area contributed by atoms with Gasteiger partial charge in [0.05, 0.1) is 0 Å². The van der Waals surface area contributed by atoms with E-state index >= 15 is 0 Å². The molecule has 0 bridgehead atoms. The van der Waals surface area contributed by atoms with E-state index in [0.29, 0.717) is 0 Å². The van der Waals surface area contributed by atoms with Crippen LogP contribution in [0.25, 0.3) is 10.1 Å². The van der Waals surface area contributed by atoms with Crippen LogP contribution in [0.15, 0.2) is 29.6 Å². The standard InChI is InChI=1S/C12H8O2S/c13-12(14)3-1-2-9-4-5-11-10(8-9)6-7-15-11/h4-8H,3H2,(H,13,14). The zero-order chi connectivity index (χ0) is 10.7. The summed E-state index contributed by atoms with van der Waals surface area (Å²) >= 11 is 1.68. The molecule has 0 aliphatic carbocycles. The number of hydrogen-bond acceptors (Lipinski definition) is 2. The number of carbonyl (C=O) groups is 1. The number of carboxylic acid groups (broad SMARTS) is 1. The topological polar surface area (TPSA) is 37.3 Å². The fourth-order valence-corrected chi connectivity index (χ4v) is 2.04. The van der Waals surface area contributed by atoms with Gasteiger partial charge in [-0.1, -0.05) is 11.8 Å². The monoisotopic (exact) mass is 216 g/mol. The Morgan fingerprint density at radius 1 is 1.40 bits per heavy atom. The predicted octanol–water partition coefficient (Wildman–Crippen LogP) is 2.73. The molecule has 0 saturated heterocycles. The largest absolute Gasteiger partial charge is 0.481 e. The molecular formula is C12H8O2S. The van der Waals surface area contributed by atoms with E-state index in [1.54, 1.807) is 11.3 Å². The summed E-state index contributed by atoms with van der Waals surface area (Å²) in [6, 6.07) is 7.92. The number of carboxylic acids is 1. The van der Waals surface area contributed by atoms with Crippen LogP contribution in [-0.2, 0) is 4.79 Å². The molecule has 2 aromatic rings. The summed E-state index contributed by atoms with van der Waals surface area (Å²) in [6.07, 6.45) is -0.109. The molecule has 0 aliphatic rings. The number of rotatable bonds is 1. The number of aliphatic carboxylic acids is 1. The van der Waals surface area contributed by atoms with Crippen LogP contribution >= 0.6 is 11.3 Å². The smallest absolute Gasteiger partial charge is 0.315 e. The zero-order valence-corrected chi connectivity index (χ0v) is 8.67. The van der Waals surface area contributed by atoms with Crippen molar-refractivity contribution in [3.8, 4) is 11.8 Å². The number of thiophene rings is 1. The van der Waals surface area contributed by atoms with E-state index in [4.69, 9.17) is 5.11 Å². The highest BCUT2D eigenvalue weighted by Gasteiger charge is 1.95. The first-order chi connectivity index (χ1) is 7.25. The van der Waals surface area contributed by atoms with Crippen LogP contribution < -0.4 is 0 Å². The van der Waals surface area contributed by atoms with Crippen LogP contribution in [0, 0.1) is 11.8 Å². The third-order valence-electron chi connectivity index (χ3n) is 1.92. The fourth-order valence-electron chi connectivity index (χ4n) is 1.27. The first-order valence-electron chi connectivity index (χ1n) is 4.43. The molecule has 0 unspecified atom stereocenters. The highest BCUT2D eigenvalue weighted by molar-refractivity contribution is 7.17. The molecule has 2 rings (SSSR count). The van der Waals surface area contributed by atoms with Gasteiger partial charge in [-0.15, -0.1) is 11.3 Å². The Kier molecular flexibility index (Phi) is 2.70. The van der Waals surface area contributed by atoms with Gasteiger partial charge in [-0.3, -0.25) is 4.79 Å². The minimum absolute atomic E-state index is 0.109. The van der Waals surface area contributed by atoms with Gasteiger partial charge in [-0.2, -0.15) is 0 Å². The lowest BCUT2D eigenvalue weighted by atomic mass is 10.2. The van der Waals surface area contributed by atoms with Crippen molar-refractivity contribution in [2.75, 3.05) is 0 Å². The van der Waals surface area contributed by atoms with Gasteiger partial charge < -0.3 is 5.11 Å². The van der Waals surface area contributed by atoms with Crippen molar-refractivity contribution < 1.29 is 9.90 Å². The molecular weight excluding hydrogens is 208 g/mol. The summed E-state index contributed by atoms with van der Waals surface area (Å²) in [7, 11) is 0. The maximum Gasteiger partial charge on any atom is 0.315 e. The van der Waals surface area contributed by atoms with Crippen molar-refractivity contribution in [2.45, 2.75) is 6.42 Å². The number of fused-ring (bicyclic) bond motifs is 1. The average Bonchev–Trinajstić information content (AvgIpc) is 2.64. The Hall–Kier alpha value is -1.79. The van der Waals surface area contributed by atoms with E-state index in [0.717, 1.165) is 10.9 Å². The van der Waals surface area contributed by atoms with Crippen molar-refractivity contribution in [1.29, 1.82) is 0 Å². The molecule has 0 fully saturated rings. The first-order valence-corrected chi connectivity index (χ1v) is 5.31. The van der Waals surface area contributed by atoms with Crippen molar-refractivity contribution in [3.05, 3.63) is 35.2 Å². The van der Waals surface area contributed by atoms with Gasteiger partial charge in [-0.25, -0.2) is 0 Å². The van der Waals surface area contributed by atoms with Crippen LogP contribution in [-0.4, -0.2) is 11.1 Å². The van der Waals surface area contributed by atoms with E-state index in [1.807, 2.05) is 29.6 Å². The molecule has 2 nitrogen and oxygen atoms in total. The van der Waals surface area contributed by atoms with E-state index in [1.165, 1.54) is 4.70 Å². The second-order valence-electron chi connectivity index (χ2n) is 3.05. The predicted molar refractivity (Wildman–Crippen MR) is 61.0 cm³/mol. The Morgan fingerprint density at radius 2 is 2.27 bits per heavy atom. The highest BCUT2D eigenvalue weighted by Crippen LogP contribution is 2.21. The van der Waals surface area contributed by atoms with E-state index in [9.17, 15) is 4.79 Å². The van der Waals surface area contributed by atoms with Crippen molar-refractivity contribution in [2.24, 2.45) is 0 Å². The summed E-state index contributed by atoms with van der Waals surface area (Å²) in [5, 5.41) is 11.6. The SMILES string of the molecule is O=C(O)CC#Cc1ccc2sccc2c1. The summed E-state index contributed by atoms with van der Waals surface area (Å²) in [5.41, 5.74) is 0.863. The molecule has 1 aromatic carbocycles. The molecule has 3 heteroatoms. The van der Waals surface area contributed by atoms with Crippen LogP contribution in [0.4, 0.5) is 0 Å². The lowest BCUT2D eigenvalue weighted by molar-refractivity contribution is -0.135. The zero-order valence-electron chi connectivity index (χ0n) is 7.86. The highest BCUT2D eigenvalue weighted by atomic mass is 32.1. The second kappa shape index (κ2) is 4.16. The van der Waals surface area contributed by atoms with Crippen molar-refractivity contribution in [1.82, 2.24) is 0 Å². The summed E-state index contributed by atoms with van der Waals surface area (Å²) in [4.78, 5) is 10.3. The molecule has 0 radical (unpaired) electrons. The van der Waals surface area contributed by atoms with Gasteiger partial charge in [0.15, 0.2) is 0 Å². The number of hydrogen-bond donors (Lipinski definition) is 1. The van der Waals surface area contributed by atoms with Gasteiger partial charge in [-0.05, 0) is 35.0 Å². The van der Waals surface area contributed by atoms with E-state index < -0.39 is 5.97 Å². The Balaban J connectivity index is 2.27. The third-order valence-corrected chi connectivity index (χ3v) is 2.82. The van der Waals surface area contributed by atoms with E-state index in [-0.39, 0.29) is 6.42 Å². The molecule has 1 N–H and O–H groups in total. The molecule has 0 spiro atoms. The van der Waals surface area contributed by atoms with Crippen LogP contribution in [0.1, 0.15) is 12.0 Å². The molecule has 0 atom stereocenters. The average molecular weight is 216 g/mol. The maximum atomic E-state index is 10.3. The Bertz CT molecular complexity index is 557. The van der Waals surface area contributed by atoms with E-state index in [2.05, 4.69) is 11.8 Å². The first kappa shape index (κ1) is 9.75. The van der Waals surface area contributed by atoms with Gasteiger partial charge in [0.25, 0.3) is 0 Å². The molecule has 0 saturated carbocycles. The maximum absolute atomic E-state index is 10.3. The van der Waals surface area contributed by atoms with Crippen LogP contribution in [0.3, 0.4) is 0 Å². The quantitative estimate of drug-likeness (QED) is 0.744. The lowest BCUT2D eigenvalue weighted by Crippen LogP contribution is -1.90. The third kappa shape index (κ3) is 2.36. The Labute approximate surface area is 91.2 Å². The molecule has 15 heavy (non-hydrogen) atoms. The Morgan fingerprint density at radius 3 is 3.07 bits per heavy atom. The van der Waals surface area contributed by atoms with Crippen molar-refractivity contribution in [3.63, 3.8) is 0 Å². The fraction of sp³-hybridized carbons (Fsp3) is 0.0833. The van der Waals surface area contributed by atoms with Crippen LogP contribution in [0.2, 0.25) is 0 Å². The molecule has 1 heterocycles. The minimum atomic E-state index is -0.890. The van der Waals surface area contributed by atoms with Crippen LogP contribution in [0.5, 0.6) is 0 Å². The molecule has 0 aliphatic heterocycles. The molecule has 0 amide bonds. The van der Waals surface area contributed by atoms with Gasteiger partial charge in [0.2, 0.25) is 0 Å². The minimum Gasteiger partial charge on any atom is -0.481 e. The summed E-state index contributed by atoms with van der Waals surface area (Å²) < 4.78 is 1.22. The van der Waals surface area contributed by atoms with Gasteiger partial charge in [0, 0.05) is 10.3 Å². The van der Waals surface area contributed by atoms with Crippen molar-refractivity contribution >= 4 is 27.4 Å². The summed E-state index contributed by atoms with van der Waals surface area (Å²) in [6.45, 7) is 0. The molecule has 1 aromatic heterocycles.